The molecule has 12 rings (SSSR count). The van der Waals surface area contributed by atoms with Gasteiger partial charge in [0, 0.05) is 49.5 Å². The van der Waals surface area contributed by atoms with Crippen molar-refractivity contribution in [2.75, 3.05) is 0 Å². The zero-order valence-electron chi connectivity index (χ0n) is 33.8. The number of aromatic nitrogens is 7. The second-order valence-corrected chi connectivity index (χ2v) is 15.9. The van der Waals surface area contributed by atoms with Gasteiger partial charge in [-0.15, -0.1) is 0 Å². The molecule has 2 aliphatic carbocycles. The first-order chi connectivity index (χ1) is 30.7. The molecule has 1 atom stereocenters. The maximum Gasteiger partial charge on any atom is 0.238 e. The Labute approximate surface area is 358 Å². The van der Waals surface area contributed by atoms with E-state index in [-0.39, 0.29) is 6.04 Å². The van der Waals surface area contributed by atoms with Crippen molar-refractivity contribution >= 4 is 44.4 Å². The van der Waals surface area contributed by atoms with Gasteiger partial charge < -0.3 is 4.57 Å². The summed E-state index contributed by atoms with van der Waals surface area (Å²) in [5, 5.41) is 3.76. The second-order valence-electron chi connectivity index (χ2n) is 15.9. The molecule has 1 unspecified atom stereocenters. The summed E-state index contributed by atoms with van der Waals surface area (Å²) in [4.78, 5) is 25.7. The van der Waals surface area contributed by atoms with Crippen LogP contribution in [0.4, 0.5) is 0 Å². The summed E-state index contributed by atoms with van der Waals surface area (Å²) >= 11 is 0. The van der Waals surface area contributed by atoms with Crippen LogP contribution in [0, 0.1) is 0 Å². The van der Waals surface area contributed by atoms with Crippen molar-refractivity contribution in [3.05, 3.63) is 205 Å². The summed E-state index contributed by atoms with van der Waals surface area (Å²) in [6, 6.07) is 56.7. The Bertz CT molecular complexity index is 3300. The van der Waals surface area contributed by atoms with E-state index in [9.17, 15) is 0 Å². The van der Waals surface area contributed by atoms with E-state index in [1.807, 2.05) is 48.5 Å². The number of nitrogens with zero attached hydrogens (tertiary/aromatic N) is 7. The van der Waals surface area contributed by atoms with Gasteiger partial charge >= 0.3 is 0 Å². The number of allylic oxidation sites excluding steroid dienone is 5. The van der Waals surface area contributed by atoms with Crippen molar-refractivity contribution in [2.45, 2.75) is 25.3 Å². The van der Waals surface area contributed by atoms with Crippen LogP contribution in [-0.4, -0.2) is 34.1 Å². The van der Waals surface area contributed by atoms with E-state index in [1.165, 1.54) is 32.8 Å². The molecule has 10 aromatic rings. The van der Waals surface area contributed by atoms with Gasteiger partial charge in [-0.3, -0.25) is 4.57 Å². The Morgan fingerprint density at radius 3 is 1.68 bits per heavy atom. The summed E-state index contributed by atoms with van der Waals surface area (Å²) in [5.41, 5.74) is 12.8. The number of hydrogen-bond donors (Lipinski definition) is 0. The maximum atomic E-state index is 5.20. The Morgan fingerprint density at radius 2 is 1.06 bits per heavy atom. The van der Waals surface area contributed by atoms with E-state index >= 15 is 0 Å². The first-order valence-electron chi connectivity index (χ1n) is 21.3. The van der Waals surface area contributed by atoms with Crippen molar-refractivity contribution < 1.29 is 0 Å². The molecule has 0 saturated carbocycles. The molecule has 4 heterocycles. The highest BCUT2D eigenvalue weighted by molar-refractivity contribution is 6.22. The summed E-state index contributed by atoms with van der Waals surface area (Å²) in [6.45, 7) is 0. The van der Waals surface area contributed by atoms with Crippen LogP contribution >= 0.6 is 0 Å². The highest BCUT2D eigenvalue weighted by atomic mass is 15.2. The van der Waals surface area contributed by atoms with Gasteiger partial charge in [-0.05, 0) is 55.2 Å². The van der Waals surface area contributed by atoms with Crippen LogP contribution in [0.3, 0.4) is 0 Å². The average molecular weight is 798 g/mol. The van der Waals surface area contributed by atoms with Crippen LogP contribution in [0.15, 0.2) is 188 Å². The van der Waals surface area contributed by atoms with E-state index < -0.39 is 0 Å². The van der Waals surface area contributed by atoms with Crippen LogP contribution in [0.2, 0.25) is 0 Å². The van der Waals surface area contributed by atoms with Gasteiger partial charge in [0.05, 0.1) is 34.2 Å². The quantitative estimate of drug-likeness (QED) is 0.161. The lowest BCUT2D eigenvalue weighted by atomic mass is 9.97. The molecule has 62 heavy (non-hydrogen) atoms. The fourth-order valence-electron chi connectivity index (χ4n) is 9.34. The van der Waals surface area contributed by atoms with Crippen LogP contribution in [0.25, 0.3) is 95.6 Å². The first kappa shape index (κ1) is 35.9. The van der Waals surface area contributed by atoms with E-state index in [2.05, 4.69) is 155 Å². The molecule has 6 aromatic carbocycles. The summed E-state index contributed by atoms with van der Waals surface area (Å²) in [7, 11) is 0. The van der Waals surface area contributed by atoms with Crippen molar-refractivity contribution in [3.8, 4) is 51.2 Å². The smallest absolute Gasteiger partial charge is 0.238 e. The zero-order chi connectivity index (χ0) is 41.0. The zero-order valence-corrected chi connectivity index (χ0v) is 33.8. The van der Waals surface area contributed by atoms with Gasteiger partial charge in [0.1, 0.15) is 0 Å². The van der Waals surface area contributed by atoms with Gasteiger partial charge in [0.15, 0.2) is 17.5 Å². The lowest BCUT2D eigenvalue weighted by molar-refractivity contribution is 0.649. The van der Waals surface area contributed by atoms with Gasteiger partial charge in [-0.1, -0.05) is 164 Å². The molecular formula is C55H39N7. The molecule has 4 aromatic heterocycles. The van der Waals surface area contributed by atoms with Crippen LogP contribution < -0.4 is 0 Å². The molecule has 0 saturated heterocycles. The fourth-order valence-corrected chi connectivity index (χ4v) is 9.34. The number of aryl methyl sites for hydroxylation is 1. The fraction of sp³-hybridized carbons (Fsp3) is 0.0727. The molecule has 294 valence electrons. The predicted molar refractivity (Wildman–Crippen MR) is 252 cm³/mol. The molecule has 2 aliphatic rings. The van der Waals surface area contributed by atoms with E-state index in [0.29, 0.717) is 17.6 Å². The standard InChI is InChI=1S/C55H39N7/c1-5-17-36(18-6-1)44-35-45(37-19-7-2-8-20-37)57-52(56-44)40-29-31-41(32-30-40)61-46-27-15-13-25-42(46)50-48(61)33-34-49-51(50)43-26-14-16-28-47(43)62(49)55-59-53(38-21-9-3-10-22-38)58-54(60-55)39-23-11-4-12-24-39/h1-13,15-25,27-31,33-35,41H,14,26,32H2. The third-order valence-corrected chi connectivity index (χ3v) is 12.2. The van der Waals surface area contributed by atoms with Crippen LogP contribution in [-0.2, 0) is 6.42 Å². The normalized spacial score (nSPS) is 14.7. The van der Waals surface area contributed by atoms with Crippen molar-refractivity contribution in [1.29, 1.82) is 0 Å². The molecule has 0 radical (unpaired) electrons. The van der Waals surface area contributed by atoms with E-state index in [1.54, 1.807) is 0 Å². The van der Waals surface area contributed by atoms with Crippen LogP contribution in [0.1, 0.15) is 36.0 Å². The predicted octanol–water partition coefficient (Wildman–Crippen LogP) is 12.9. The Hall–Kier alpha value is -8.03. The van der Waals surface area contributed by atoms with E-state index in [4.69, 9.17) is 24.9 Å². The third kappa shape index (κ3) is 6.08. The summed E-state index contributed by atoms with van der Waals surface area (Å²) < 4.78 is 4.78. The highest BCUT2D eigenvalue weighted by Crippen LogP contribution is 2.44. The molecule has 0 spiro atoms. The largest absolute Gasteiger partial charge is 0.333 e. The van der Waals surface area contributed by atoms with E-state index in [0.717, 1.165) is 75.5 Å². The topological polar surface area (TPSA) is 74.3 Å². The molecular weight excluding hydrogens is 759 g/mol. The first-order valence-corrected chi connectivity index (χ1v) is 21.3. The molecule has 0 aliphatic heterocycles. The van der Waals surface area contributed by atoms with Gasteiger partial charge in [-0.25, -0.2) is 15.0 Å². The number of hydrogen-bond acceptors (Lipinski definition) is 5. The van der Waals surface area contributed by atoms with Gasteiger partial charge in [0.2, 0.25) is 5.95 Å². The Kier molecular flexibility index (Phi) is 8.62. The maximum absolute atomic E-state index is 5.20. The third-order valence-electron chi connectivity index (χ3n) is 12.2. The van der Waals surface area contributed by atoms with Crippen molar-refractivity contribution in [3.63, 3.8) is 0 Å². The molecule has 7 nitrogen and oxygen atoms in total. The SMILES string of the molecule is C1=Cc2c(c3c4c5ccccc5n(C5C=CC(c6nc(-c7ccccc7)cc(-c7ccccc7)n6)=CC5)c4ccc3n2-c2nc(-c3ccccc3)nc(-c3ccccc3)n2)CC1. The molecule has 0 fully saturated rings. The van der Waals surface area contributed by atoms with Gasteiger partial charge in [0.25, 0.3) is 0 Å². The lowest BCUT2D eigenvalue weighted by Crippen LogP contribution is -2.09. The second kappa shape index (κ2) is 14.9. The van der Waals surface area contributed by atoms with Gasteiger partial charge in [-0.2, -0.15) is 9.97 Å². The lowest BCUT2D eigenvalue weighted by Gasteiger charge is -2.21. The molecule has 0 bridgehead atoms. The van der Waals surface area contributed by atoms with Crippen molar-refractivity contribution in [2.24, 2.45) is 0 Å². The van der Waals surface area contributed by atoms with Crippen LogP contribution in [0.5, 0.6) is 0 Å². The molecule has 0 N–H and O–H groups in total. The minimum absolute atomic E-state index is 0.0905. The minimum atomic E-state index is 0.0905. The summed E-state index contributed by atoms with van der Waals surface area (Å²) in [5.74, 6) is 2.63. The number of benzene rings is 6. The summed E-state index contributed by atoms with van der Waals surface area (Å²) in [6.07, 6.45) is 14.1. The Balaban J connectivity index is 1.00. The molecule has 7 heteroatoms. The minimum Gasteiger partial charge on any atom is -0.333 e. The number of rotatable bonds is 7. The Morgan fingerprint density at radius 1 is 0.484 bits per heavy atom. The van der Waals surface area contributed by atoms with Crippen molar-refractivity contribution in [1.82, 2.24) is 34.1 Å². The average Bonchev–Trinajstić information content (AvgIpc) is 3.88. The molecule has 0 amide bonds. The monoisotopic (exact) mass is 797 g/mol. The highest BCUT2D eigenvalue weighted by Gasteiger charge is 2.27. The number of fused-ring (bicyclic) bond motifs is 7. The number of para-hydroxylation sites is 1.